The summed E-state index contributed by atoms with van der Waals surface area (Å²) in [6.45, 7) is 0. The van der Waals surface area contributed by atoms with E-state index in [1.807, 2.05) is 24.3 Å². The molecule has 134 valence electrons. The molecule has 0 atom stereocenters. The Kier molecular flexibility index (Phi) is 4.09. The van der Waals surface area contributed by atoms with Gasteiger partial charge in [0.15, 0.2) is 5.76 Å². The van der Waals surface area contributed by atoms with Crippen molar-refractivity contribution in [2.45, 2.75) is 0 Å². The molecular formula is C18H11ClN4O4. The molecule has 0 unspecified atom stereocenters. The quantitative estimate of drug-likeness (QED) is 0.394. The Morgan fingerprint density at radius 1 is 1.19 bits per heavy atom. The number of hydrogen-bond donors (Lipinski definition) is 2. The molecule has 1 amide bonds. The van der Waals surface area contributed by atoms with E-state index < -0.39 is 16.7 Å². The van der Waals surface area contributed by atoms with Crippen LogP contribution in [-0.2, 0) is 0 Å². The van der Waals surface area contributed by atoms with Gasteiger partial charge in [-0.3, -0.25) is 14.9 Å². The molecular weight excluding hydrogens is 372 g/mol. The van der Waals surface area contributed by atoms with E-state index in [2.05, 4.69) is 15.3 Å². The van der Waals surface area contributed by atoms with E-state index in [-0.39, 0.29) is 5.76 Å². The van der Waals surface area contributed by atoms with Crippen LogP contribution in [0, 0.1) is 10.1 Å². The number of nitrogens with one attached hydrogen (secondary N) is 2. The molecule has 0 bridgehead atoms. The Morgan fingerprint density at radius 2 is 2.00 bits per heavy atom. The van der Waals surface area contributed by atoms with Gasteiger partial charge in [0.05, 0.1) is 22.1 Å². The Bertz CT molecular complexity index is 1150. The molecule has 27 heavy (non-hydrogen) atoms. The Hall–Kier alpha value is -3.65. The van der Waals surface area contributed by atoms with Gasteiger partial charge in [0, 0.05) is 11.3 Å². The number of furan rings is 1. The number of para-hydroxylation sites is 2. The average molecular weight is 383 g/mol. The van der Waals surface area contributed by atoms with Crippen LogP contribution in [0.4, 0.5) is 11.6 Å². The molecule has 0 aliphatic carbocycles. The Labute approximate surface area is 156 Å². The van der Waals surface area contributed by atoms with Crippen molar-refractivity contribution in [3.63, 3.8) is 0 Å². The topological polar surface area (TPSA) is 114 Å². The summed E-state index contributed by atoms with van der Waals surface area (Å²) < 4.78 is 4.90. The van der Waals surface area contributed by atoms with Crippen LogP contribution >= 0.6 is 11.6 Å². The summed E-state index contributed by atoms with van der Waals surface area (Å²) in [5.74, 6) is -0.715. The summed E-state index contributed by atoms with van der Waals surface area (Å²) in [7, 11) is 0. The van der Waals surface area contributed by atoms with Crippen LogP contribution in [0.2, 0.25) is 5.02 Å². The summed E-state index contributed by atoms with van der Waals surface area (Å²) in [4.78, 5) is 29.9. The fourth-order valence-corrected chi connectivity index (χ4v) is 2.81. The van der Waals surface area contributed by atoms with E-state index in [1.54, 1.807) is 18.2 Å². The standard InChI is InChI=1S/C18H11ClN4O4/c19-12-6-5-10(20-18(24)15-7-8-16(27-15)23(25)26)9-11(12)17-21-13-3-1-2-4-14(13)22-17/h1-9H,(H,20,24)(H,21,22). The number of rotatable bonds is 4. The molecule has 0 saturated carbocycles. The Balaban J connectivity index is 1.63. The number of H-pyrrole nitrogens is 1. The van der Waals surface area contributed by atoms with E-state index in [0.29, 0.717) is 22.1 Å². The third-order valence-electron chi connectivity index (χ3n) is 3.86. The van der Waals surface area contributed by atoms with Crippen LogP contribution in [0.15, 0.2) is 59.0 Å². The monoisotopic (exact) mass is 382 g/mol. The maximum atomic E-state index is 12.2. The molecule has 8 nitrogen and oxygen atoms in total. The molecule has 0 saturated heterocycles. The number of carbonyl (C=O) groups is 1. The lowest BCUT2D eigenvalue weighted by atomic mass is 10.2. The van der Waals surface area contributed by atoms with Gasteiger partial charge in [-0.05, 0) is 36.4 Å². The first-order chi connectivity index (χ1) is 13.0. The van der Waals surface area contributed by atoms with E-state index in [0.717, 1.165) is 17.1 Å². The second-order valence-electron chi connectivity index (χ2n) is 5.65. The maximum absolute atomic E-state index is 12.2. The van der Waals surface area contributed by atoms with E-state index in [4.69, 9.17) is 16.0 Å². The second-order valence-corrected chi connectivity index (χ2v) is 6.05. The molecule has 4 aromatic rings. The van der Waals surface area contributed by atoms with Gasteiger partial charge in [-0.2, -0.15) is 0 Å². The molecule has 0 spiro atoms. The molecule has 2 aromatic heterocycles. The van der Waals surface area contributed by atoms with Gasteiger partial charge >= 0.3 is 5.88 Å². The van der Waals surface area contributed by atoms with E-state index >= 15 is 0 Å². The highest BCUT2D eigenvalue weighted by Gasteiger charge is 2.18. The number of halogens is 1. The summed E-state index contributed by atoms with van der Waals surface area (Å²) >= 11 is 6.28. The normalized spacial score (nSPS) is 10.9. The zero-order valence-corrected chi connectivity index (χ0v) is 14.4. The molecule has 0 radical (unpaired) electrons. The largest absolute Gasteiger partial charge is 0.433 e. The molecule has 0 fully saturated rings. The highest BCUT2D eigenvalue weighted by molar-refractivity contribution is 6.33. The van der Waals surface area contributed by atoms with Crippen LogP contribution in [0.1, 0.15) is 10.6 Å². The highest BCUT2D eigenvalue weighted by Crippen LogP contribution is 2.30. The molecule has 4 rings (SSSR count). The van der Waals surface area contributed by atoms with Crippen molar-refractivity contribution in [3.8, 4) is 11.4 Å². The smallest absolute Gasteiger partial charge is 0.395 e. The van der Waals surface area contributed by atoms with Gasteiger partial charge in [-0.1, -0.05) is 23.7 Å². The van der Waals surface area contributed by atoms with Crippen molar-refractivity contribution < 1.29 is 14.1 Å². The molecule has 2 heterocycles. The number of aromatic nitrogens is 2. The number of carbonyl (C=O) groups excluding carboxylic acids is 1. The van der Waals surface area contributed by atoms with Crippen LogP contribution in [0.3, 0.4) is 0 Å². The van der Waals surface area contributed by atoms with Gasteiger partial charge in [-0.15, -0.1) is 0 Å². The minimum atomic E-state index is -0.710. The minimum absolute atomic E-state index is 0.165. The lowest BCUT2D eigenvalue weighted by molar-refractivity contribution is -0.402. The zero-order chi connectivity index (χ0) is 19.0. The lowest BCUT2D eigenvalue weighted by Crippen LogP contribution is -2.10. The predicted octanol–water partition coefficient (Wildman–Crippen LogP) is 4.64. The van der Waals surface area contributed by atoms with Crippen molar-refractivity contribution in [2.24, 2.45) is 0 Å². The minimum Gasteiger partial charge on any atom is -0.395 e. The van der Waals surface area contributed by atoms with Gasteiger partial charge in [0.25, 0.3) is 5.91 Å². The lowest BCUT2D eigenvalue weighted by Gasteiger charge is -2.07. The number of amides is 1. The first-order valence-corrected chi connectivity index (χ1v) is 8.19. The van der Waals surface area contributed by atoms with E-state index in [1.165, 1.54) is 6.07 Å². The van der Waals surface area contributed by atoms with Gasteiger partial charge in [-0.25, -0.2) is 4.98 Å². The zero-order valence-electron chi connectivity index (χ0n) is 13.6. The molecule has 2 aromatic carbocycles. The number of imidazole rings is 1. The van der Waals surface area contributed by atoms with Crippen molar-refractivity contribution in [1.29, 1.82) is 0 Å². The van der Waals surface area contributed by atoms with Gasteiger partial charge < -0.3 is 14.7 Å². The first kappa shape index (κ1) is 16.8. The number of nitro groups is 1. The van der Waals surface area contributed by atoms with Gasteiger partial charge in [0.1, 0.15) is 10.7 Å². The van der Waals surface area contributed by atoms with Crippen molar-refractivity contribution in [1.82, 2.24) is 9.97 Å². The summed E-state index contributed by atoms with van der Waals surface area (Å²) in [5.41, 5.74) is 2.71. The molecule has 9 heteroatoms. The molecule has 2 N–H and O–H groups in total. The number of benzene rings is 2. The van der Waals surface area contributed by atoms with Crippen molar-refractivity contribution in [3.05, 3.63) is 75.5 Å². The SMILES string of the molecule is O=C(Nc1ccc(Cl)c(-c2nc3ccccc3[nH]2)c1)c1ccc([N+](=O)[O-])o1. The number of anilines is 1. The van der Waals surface area contributed by atoms with Crippen molar-refractivity contribution in [2.75, 3.05) is 5.32 Å². The number of aromatic amines is 1. The van der Waals surface area contributed by atoms with Crippen molar-refractivity contribution >= 4 is 40.1 Å². The average Bonchev–Trinajstić information content (AvgIpc) is 3.30. The fraction of sp³-hybridized carbons (Fsp3) is 0. The second kappa shape index (κ2) is 6.58. The summed E-state index contributed by atoms with van der Waals surface area (Å²) in [6.07, 6.45) is 0. The summed E-state index contributed by atoms with van der Waals surface area (Å²) in [5, 5.41) is 13.7. The van der Waals surface area contributed by atoms with Crippen LogP contribution < -0.4 is 5.32 Å². The first-order valence-electron chi connectivity index (χ1n) is 7.81. The number of fused-ring (bicyclic) bond motifs is 1. The number of hydrogen-bond acceptors (Lipinski definition) is 5. The Morgan fingerprint density at radius 3 is 2.74 bits per heavy atom. The van der Waals surface area contributed by atoms with E-state index in [9.17, 15) is 14.9 Å². The highest BCUT2D eigenvalue weighted by atomic mass is 35.5. The third kappa shape index (κ3) is 3.25. The van der Waals surface area contributed by atoms with Crippen LogP contribution in [0.5, 0.6) is 0 Å². The predicted molar refractivity (Wildman–Crippen MR) is 99.9 cm³/mol. The summed E-state index contributed by atoms with van der Waals surface area (Å²) in [6, 6.07) is 14.8. The van der Waals surface area contributed by atoms with Crippen LogP contribution in [-0.4, -0.2) is 20.8 Å². The molecule has 0 aliphatic rings. The van der Waals surface area contributed by atoms with Crippen LogP contribution in [0.25, 0.3) is 22.4 Å². The number of nitrogens with zero attached hydrogens (tertiary/aromatic N) is 2. The molecule has 0 aliphatic heterocycles. The van der Waals surface area contributed by atoms with Gasteiger partial charge in [0.2, 0.25) is 0 Å². The maximum Gasteiger partial charge on any atom is 0.433 e. The fourth-order valence-electron chi connectivity index (χ4n) is 2.61. The third-order valence-corrected chi connectivity index (χ3v) is 4.19.